The maximum Gasteiger partial charge on any atom is 0.421 e. The van der Waals surface area contributed by atoms with E-state index in [0.717, 1.165) is 0 Å². The van der Waals surface area contributed by atoms with E-state index in [1.807, 2.05) is 0 Å². The van der Waals surface area contributed by atoms with Gasteiger partial charge in [0.1, 0.15) is 0 Å². The lowest BCUT2D eigenvalue weighted by Gasteiger charge is -2.17. The Labute approximate surface area is 55.2 Å². The van der Waals surface area contributed by atoms with E-state index in [0.29, 0.717) is 0 Å². The van der Waals surface area contributed by atoms with Crippen molar-refractivity contribution in [2.45, 2.75) is 30.7 Å². The Morgan fingerprint density at radius 1 is 1.30 bits per heavy atom. The molecule has 1 rings (SSSR count). The molecule has 0 bridgehead atoms. The van der Waals surface area contributed by atoms with Gasteiger partial charge in [0.25, 0.3) is 0 Å². The van der Waals surface area contributed by atoms with E-state index < -0.39 is 17.9 Å². The number of nitrogens with two attached hydrogens (primary N) is 1. The standard InChI is InChI=1S/C5H7F4N/c6-3(5(7,8)9)4(10)1-2-4/h3H,1-2,10H2. The first kappa shape index (κ1) is 7.78. The third kappa shape index (κ3) is 1.23. The van der Waals surface area contributed by atoms with Crippen LogP contribution in [-0.4, -0.2) is 17.9 Å². The van der Waals surface area contributed by atoms with Crippen molar-refractivity contribution in [2.24, 2.45) is 5.73 Å². The highest BCUT2D eigenvalue weighted by Crippen LogP contribution is 2.44. The maximum absolute atomic E-state index is 12.2. The summed E-state index contributed by atoms with van der Waals surface area (Å²) in [5.41, 5.74) is 3.38. The van der Waals surface area contributed by atoms with Crippen molar-refractivity contribution in [1.29, 1.82) is 0 Å². The molecule has 0 spiro atoms. The first-order valence-electron chi connectivity index (χ1n) is 2.86. The predicted molar refractivity (Wildman–Crippen MR) is 27.1 cm³/mol. The summed E-state index contributed by atoms with van der Waals surface area (Å²) in [4.78, 5) is 0. The Kier molecular flexibility index (Phi) is 1.43. The topological polar surface area (TPSA) is 26.0 Å². The van der Waals surface area contributed by atoms with Gasteiger partial charge in [0.05, 0.1) is 5.54 Å². The molecule has 0 saturated heterocycles. The zero-order chi connectivity index (χ0) is 7.99. The van der Waals surface area contributed by atoms with Gasteiger partial charge >= 0.3 is 6.18 Å². The van der Waals surface area contributed by atoms with Crippen molar-refractivity contribution in [2.75, 3.05) is 0 Å². The quantitative estimate of drug-likeness (QED) is 0.571. The van der Waals surface area contributed by atoms with Crippen molar-refractivity contribution in [3.05, 3.63) is 0 Å². The van der Waals surface area contributed by atoms with Crippen LogP contribution in [0.15, 0.2) is 0 Å². The Morgan fingerprint density at radius 2 is 1.70 bits per heavy atom. The SMILES string of the molecule is NC1(C(F)C(F)(F)F)CC1. The third-order valence-corrected chi connectivity index (χ3v) is 1.62. The normalized spacial score (nSPS) is 26.1. The van der Waals surface area contributed by atoms with Gasteiger partial charge in [0.15, 0.2) is 0 Å². The lowest BCUT2D eigenvalue weighted by Crippen LogP contribution is -2.43. The van der Waals surface area contributed by atoms with Gasteiger partial charge in [-0.25, -0.2) is 4.39 Å². The second-order valence-electron chi connectivity index (χ2n) is 2.64. The van der Waals surface area contributed by atoms with E-state index in [1.165, 1.54) is 0 Å². The predicted octanol–water partition coefficient (Wildman–Crippen LogP) is 1.38. The third-order valence-electron chi connectivity index (χ3n) is 1.62. The van der Waals surface area contributed by atoms with E-state index in [1.54, 1.807) is 0 Å². The molecule has 0 amide bonds. The van der Waals surface area contributed by atoms with Gasteiger partial charge in [-0.2, -0.15) is 13.2 Å². The first-order chi connectivity index (χ1) is 4.36. The van der Waals surface area contributed by atoms with E-state index in [9.17, 15) is 17.6 Å². The number of hydrogen-bond acceptors (Lipinski definition) is 1. The molecule has 1 aliphatic rings. The van der Waals surface area contributed by atoms with Crippen LogP contribution in [0, 0.1) is 0 Å². The van der Waals surface area contributed by atoms with Crippen LogP contribution in [0.1, 0.15) is 12.8 Å². The van der Waals surface area contributed by atoms with Crippen LogP contribution in [0.3, 0.4) is 0 Å². The maximum atomic E-state index is 12.2. The van der Waals surface area contributed by atoms with Crippen LogP contribution in [-0.2, 0) is 0 Å². The smallest absolute Gasteiger partial charge is 0.322 e. The van der Waals surface area contributed by atoms with E-state index in [4.69, 9.17) is 5.73 Å². The summed E-state index contributed by atoms with van der Waals surface area (Å²) in [6, 6.07) is 0. The Bertz CT molecular complexity index is 132. The average molecular weight is 157 g/mol. The summed E-state index contributed by atoms with van der Waals surface area (Å²) in [6.07, 6.45) is -7.37. The van der Waals surface area contributed by atoms with Gasteiger partial charge in [0, 0.05) is 0 Å². The number of halogens is 4. The highest BCUT2D eigenvalue weighted by atomic mass is 19.4. The van der Waals surface area contributed by atoms with Crippen molar-refractivity contribution in [3.63, 3.8) is 0 Å². The van der Waals surface area contributed by atoms with E-state index in [-0.39, 0.29) is 12.8 Å². The minimum Gasteiger partial charge on any atom is -0.322 e. The van der Waals surface area contributed by atoms with Crippen LogP contribution in [0.25, 0.3) is 0 Å². The van der Waals surface area contributed by atoms with Crippen LogP contribution in [0.2, 0.25) is 0 Å². The van der Waals surface area contributed by atoms with Crippen LogP contribution >= 0.6 is 0 Å². The molecule has 60 valence electrons. The minimum atomic E-state index is -4.79. The monoisotopic (exact) mass is 157 g/mol. The zero-order valence-corrected chi connectivity index (χ0v) is 5.08. The molecule has 1 unspecified atom stereocenters. The summed E-state index contributed by atoms with van der Waals surface area (Å²) in [7, 11) is 0. The summed E-state index contributed by atoms with van der Waals surface area (Å²) in [6.45, 7) is 0. The lowest BCUT2D eigenvalue weighted by molar-refractivity contribution is -0.188. The van der Waals surface area contributed by atoms with Crippen LogP contribution < -0.4 is 5.73 Å². The first-order valence-corrected chi connectivity index (χ1v) is 2.86. The lowest BCUT2D eigenvalue weighted by atomic mass is 10.1. The number of rotatable bonds is 1. The molecule has 0 heterocycles. The largest absolute Gasteiger partial charge is 0.421 e. The summed E-state index contributed by atoms with van der Waals surface area (Å²) in [5.74, 6) is 0. The van der Waals surface area contributed by atoms with Gasteiger partial charge in [-0.1, -0.05) is 0 Å². The molecule has 0 radical (unpaired) electrons. The van der Waals surface area contributed by atoms with Crippen LogP contribution in [0.5, 0.6) is 0 Å². The summed E-state index contributed by atoms with van der Waals surface area (Å²) < 4.78 is 46.8. The molecule has 1 nitrogen and oxygen atoms in total. The van der Waals surface area contributed by atoms with Gasteiger partial charge in [-0.3, -0.25) is 0 Å². The second-order valence-corrected chi connectivity index (χ2v) is 2.64. The molecular weight excluding hydrogens is 150 g/mol. The number of hydrogen-bond donors (Lipinski definition) is 1. The van der Waals surface area contributed by atoms with Crippen molar-refractivity contribution >= 4 is 0 Å². The van der Waals surface area contributed by atoms with Gasteiger partial charge < -0.3 is 5.73 Å². The van der Waals surface area contributed by atoms with Gasteiger partial charge in [-0.05, 0) is 12.8 Å². The Morgan fingerprint density at radius 3 is 1.80 bits per heavy atom. The molecular formula is C5H7F4N. The summed E-state index contributed by atoms with van der Waals surface area (Å²) >= 11 is 0. The molecule has 0 aromatic heterocycles. The Balaban J connectivity index is 2.57. The Hall–Kier alpha value is -0.320. The van der Waals surface area contributed by atoms with Crippen molar-refractivity contribution in [1.82, 2.24) is 0 Å². The fourth-order valence-electron chi connectivity index (χ4n) is 0.724. The van der Waals surface area contributed by atoms with Gasteiger partial charge in [0.2, 0.25) is 6.17 Å². The fourth-order valence-corrected chi connectivity index (χ4v) is 0.724. The minimum absolute atomic E-state index is 0.133. The molecule has 1 fully saturated rings. The molecule has 0 aliphatic heterocycles. The van der Waals surface area contributed by atoms with E-state index >= 15 is 0 Å². The molecule has 10 heavy (non-hydrogen) atoms. The molecule has 1 saturated carbocycles. The molecule has 0 aromatic carbocycles. The summed E-state index contributed by atoms with van der Waals surface area (Å²) in [5, 5.41) is 0. The average Bonchev–Trinajstić information content (AvgIpc) is 2.45. The van der Waals surface area contributed by atoms with Crippen molar-refractivity contribution in [3.8, 4) is 0 Å². The van der Waals surface area contributed by atoms with Crippen molar-refractivity contribution < 1.29 is 17.6 Å². The molecule has 1 atom stereocenters. The van der Waals surface area contributed by atoms with Crippen LogP contribution in [0.4, 0.5) is 17.6 Å². The molecule has 2 N–H and O–H groups in total. The highest BCUT2D eigenvalue weighted by Gasteiger charge is 2.58. The number of alkyl halides is 4. The molecule has 1 aliphatic carbocycles. The zero-order valence-electron chi connectivity index (χ0n) is 5.08. The second kappa shape index (κ2) is 1.84. The van der Waals surface area contributed by atoms with Gasteiger partial charge in [-0.15, -0.1) is 0 Å². The fraction of sp³-hybridized carbons (Fsp3) is 1.00. The highest BCUT2D eigenvalue weighted by molar-refractivity contribution is 5.07. The molecule has 0 aromatic rings. The van der Waals surface area contributed by atoms with E-state index in [2.05, 4.69) is 0 Å². The molecule has 5 heteroatoms.